The van der Waals surface area contributed by atoms with Gasteiger partial charge in [-0.1, -0.05) is 5.92 Å². The summed E-state index contributed by atoms with van der Waals surface area (Å²) in [5.74, 6) is 0.899. The van der Waals surface area contributed by atoms with E-state index in [1.54, 1.807) is 0 Å². The number of carbonyl (C=O) groups is 1. The van der Waals surface area contributed by atoms with Crippen LogP contribution in [0.4, 0.5) is 4.39 Å². The number of terminal acetylenes is 1. The second kappa shape index (κ2) is 5.56. The molecule has 0 aromatic heterocycles. The first kappa shape index (κ1) is 11.8. The molecule has 0 saturated carbocycles. The SMILES string of the molecule is C#CCOc1cc(F)cc(/C=C/C(=O)O)c1. The molecule has 0 heterocycles. The maximum absolute atomic E-state index is 13.1. The second-order valence-electron chi connectivity index (χ2n) is 2.88. The van der Waals surface area contributed by atoms with E-state index in [1.165, 1.54) is 24.3 Å². The van der Waals surface area contributed by atoms with E-state index in [-0.39, 0.29) is 12.4 Å². The Morgan fingerprint density at radius 3 is 2.94 bits per heavy atom. The van der Waals surface area contributed by atoms with Gasteiger partial charge in [0.2, 0.25) is 0 Å². The molecule has 0 amide bonds. The molecule has 0 aliphatic rings. The van der Waals surface area contributed by atoms with Gasteiger partial charge in [0, 0.05) is 12.1 Å². The Kier molecular flexibility index (Phi) is 4.10. The molecule has 1 aromatic carbocycles. The van der Waals surface area contributed by atoms with Crippen molar-refractivity contribution in [2.24, 2.45) is 0 Å². The first-order valence-electron chi connectivity index (χ1n) is 4.39. The standard InChI is InChI=1S/C12H9FO3/c1-2-5-16-11-7-9(3-4-12(14)15)6-10(13)8-11/h1,3-4,6-8H,5H2,(H,14,15)/b4-3+. The summed E-state index contributed by atoms with van der Waals surface area (Å²) in [6.45, 7) is 0.0333. The number of carboxylic acids is 1. The smallest absolute Gasteiger partial charge is 0.328 e. The van der Waals surface area contributed by atoms with Crippen molar-refractivity contribution in [3.63, 3.8) is 0 Å². The van der Waals surface area contributed by atoms with Crippen LogP contribution in [-0.2, 0) is 4.79 Å². The Bertz CT molecular complexity index is 458. The molecule has 0 radical (unpaired) electrons. The molecule has 0 bridgehead atoms. The normalized spacial score (nSPS) is 10.0. The minimum Gasteiger partial charge on any atom is -0.481 e. The maximum atomic E-state index is 13.1. The number of rotatable bonds is 4. The zero-order valence-electron chi connectivity index (χ0n) is 8.31. The number of hydrogen-bond donors (Lipinski definition) is 1. The van der Waals surface area contributed by atoms with Gasteiger partial charge in [-0.05, 0) is 23.8 Å². The molecule has 3 nitrogen and oxygen atoms in total. The molecule has 1 N–H and O–H groups in total. The van der Waals surface area contributed by atoms with Crippen LogP contribution in [0.2, 0.25) is 0 Å². The van der Waals surface area contributed by atoms with Crippen molar-refractivity contribution in [1.82, 2.24) is 0 Å². The molecular formula is C12H9FO3. The van der Waals surface area contributed by atoms with E-state index in [0.29, 0.717) is 5.56 Å². The van der Waals surface area contributed by atoms with Crippen LogP contribution in [-0.4, -0.2) is 17.7 Å². The third-order valence-corrected chi connectivity index (χ3v) is 1.63. The summed E-state index contributed by atoms with van der Waals surface area (Å²) in [7, 11) is 0. The zero-order chi connectivity index (χ0) is 12.0. The monoisotopic (exact) mass is 220 g/mol. The van der Waals surface area contributed by atoms with Crippen LogP contribution in [0, 0.1) is 18.2 Å². The highest BCUT2D eigenvalue weighted by Gasteiger charge is 2.00. The number of carboxylic acid groups (broad SMARTS) is 1. The van der Waals surface area contributed by atoms with Gasteiger partial charge in [0.05, 0.1) is 0 Å². The fourth-order valence-electron chi connectivity index (χ4n) is 1.06. The van der Waals surface area contributed by atoms with Crippen molar-refractivity contribution in [1.29, 1.82) is 0 Å². The number of aliphatic carboxylic acids is 1. The van der Waals surface area contributed by atoms with E-state index in [9.17, 15) is 9.18 Å². The van der Waals surface area contributed by atoms with Crippen molar-refractivity contribution in [3.8, 4) is 18.1 Å². The lowest BCUT2D eigenvalue weighted by molar-refractivity contribution is -0.131. The van der Waals surface area contributed by atoms with Crippen molar-refractivity contribution in [2.45, 2.75) is 0 Å². The van der Waals surface area contributed by atoms with E-state index in [0.717, 1.165) is 6.08 Å². The largest absolute Gasteiger partial charge is 0.481 e. The molecule has 0 saturated heterocycles. The van der Waals surface area contributed by atoms with E-state index in [2.05, 4.69) is 5.92 Å². The summed E-state index contributed by atoms with van der Waals surface area (Å²) in [5.41, 5.74) is 0.398. The third kappa shape index (κ3) is 3.84. The van der Waals surface area contributed by atoms with Crippen LogP contribution >= 0.6 is 0 Å². The summed E-state index contributed by atoms with van der Waals surface area (Å²) in [4.78, 5) is 10.3. The Labute approximate surface area is 92.2 Å². The minimum absolute atomic E-state index is 0.0333. The lowest BCUT2D eigenvalue weighted by Crippen LogP contribution is -1.94. The summed E-state index contributed by atoms with van der Waals surface area (Å²) in [6.07, 6.45) is 7.18. The molecule has 0 fully saturated rings. The highest BCUT2D eigenvalue weighted by molar-refractivity contribution is 5.85. The van der Waals surface area contributed by atoms with E-state index < -0.39 is 11.8 Å². The molecule has 1 rings (SSSR count). The number of hydrogen-bond acceptors (Lipinski definition) is 2. The Morgan fingerprint density at radius 1 is 1.56 bits per heavy atom. The van der Waals surface area contributed by atoms with Gasteiger partial charge in [-0.25, -0.2) is 9.18 Å². The van der Waals surface area contributed by atoms with E-state index in [4.69, 9.17) is 16.3 Å². The molecule has 82 valence electrons. The number of ether oxygens (including phenoxy) is 1. The summed E-state index contributed by atoms with van der Waals surface area (Å²) < 4.78 is 18.1. The van der Waals surface area contributed by atoms with Gasteiger partial charge in [-0.3, -0.25) is 0 Å². The predicted octanol–water partition coefficient (Wildman–Crippen LogP) is 1.94. The Morgan fingerprint density at radius 2 is 2.31 bits per heavy atom. The van der Waals surface area contributed by atoms with Crippen LogP contribution in [0.1, 0.15) is 5.56 Å². The molecule has 0 aliphatic heterocycles. The van der Waals surface area contributed by atoms with E-state index >= 15 is 0 Å². The molecule has 16 heavy (non-hydrogen) atoms. The highest BCUT2D eigenvalue weighted by Crippen LogP contribution is 2.17. The first-order chi connectivity index (χ1) is 7.61. The first-order valence-corrected chi connectivity index (χ1v) is 4.39. The van der Waals surface area contributed by atoms with Crippen molar-refractivity contribution in [2.75, 3.05) is 6.61 Å². The average molecular weight is 220 g/mol. The van der Waals surface area contributed by atoms with Gasteiger partial charge in [-0.15, -0.1) is 6.42 Å². The maximum Gasteiger partial charge on any atom is 0.328 e. The third-order valence-electron chi connectivity index (χ3n) is 1.63. The van der Waals surface area contributed by atoms with Crippen molar-refractivity contribution in [3.05, 3.63) is 35.7 Å². The molecule has 0 spiro atoms. The predicted molar refractivity (Wildman–Crippen MR) is 57.4 cm³/mol. The molecular weight excluding hydrogens is 211 g/mol. The van der Waals surface area contributed by atoms with Gasteiger partial charge in [0.1, 0.15) is 18.2 Å². The van der Waals surface area contributed by atoms with Crippen LogP contribution in [0.25, 0.3) is 6.08 Å². The average Bonchev–Trinajstić information content (AvgIpc) is 2.23. The summed E-state index contributed by atoms with van der Waals surface area (Å²) in [6, 6.07) is 3.87. The van der Waals surface area contributed by atoms with Crippen LogP contribution in [0.5, 0.6) is 5.75 Å². The Hall–Kier alpha value is -2.28. The Balaban J connectivity index is 2.90. The van der Waals surface area contributed by atoms with Crippen LogP contribution in [0.3, 0.4) is 0 Å². The van der Waals surface area contributed by atoms with E-state index in [1.807, 2.05) is 0 Å². The van der Waals surface area contributed by atoms with Crippen molar-refractivity contribution >= 4 is 12.0 Å². The van der Waals surface area contributed by atoms with Gasteiger partial charge in [0.15, 0.2) is 0 Å². The zero-order valence-corrected chi connectivity index (χ0v) is 8.31. The molecule has 0 aliphatic carbocycles. The summed E-state index contributed by atoms with van der Waals surface area (Å²) >= 11 is 0. The topological polar surface area (TPSA) is 46.5 Å². The highest BCUT2D eigenvalue weighted by atomic mass is 19.1. The molecule has 0 unspecified atom stereocenters. The van der Waals surface area contributed by atoms with Crippen LogP contribution < -0.4 is 4.74 Å². The lowest BCUT2D eigenvalue weighted by atomic mass is 10.2. The van der Waals surface area contributed by atoms with Gasteiger partial charge >= 0.3 is 5.97 Å². The summed E-state index contributed by atoms with van der Waals surface area (Å²) in [5, 5.41) is 8.42. The molecule has 4 heteroatoms. The second-order valence-corrected chi connectivity index (χ2v) is 2.88. The minimum atomic E-state index is -1.10. The fourth-order valence-corrected chi connectivity index (χ4v) is 1.06. The fraction of sp³-hybridized carbons (Fsp3) is 0.0833. The lowest BCUT2D eigenvalue weighted by Gasteiger charge is -2.03. The number of halogens is 1. The van der Waals surface area contributed by atoms with Crippen LogP contribution in [0.15, 0.2) is 24.3 Å². The van der Waals surface area contributed by atoms with Gasteiger partial charge < -0.3 is 9.84 Å². The molecule has 0 atom stereocenters. The quantitative estimate of drug-likeness (QED) is 0.623. The van der Waals surface area contributed by atoms with Gasteiger partial charge in [0.25, 0.3) is 0 Å². The van der Waals surface area contributed by atoms with Gasteiger partial charge in [-0.2, -0.15) is 0 Å². The number of benzene rings is 1. The molecule has 1 aromatic rings. The van der Waals surface area contributed by atoms with Crippen molar-refractivity contribution < 1.29 is 19.0 Å².